The van der Waals surface area contributed by atoms with Crippen molar-refractivity contribution in [2.45, 2.75) is 24.9 Å². The average molecular weight is 312 g/mol. The molecule has 0 fully saturated rings. The van der Waals surface area contributed by atoms with Crippen LogP contribution in [0.1, 0.15) is 19.0 Å². The molecule has 116 valence electrons. The largest absolute Gasteiger partial charge is 0.358 e. The Labute approximate surface area is 127 Å². The summed E-state index contributed by atoms with van der Waals surface area (Å²) in [5, 5.41) is 2.88. The van der Waals surface area contributed by atoms with Crippen LogP contribution in [0.15, 0.2) is 16.0 Å². The molecule has 1 rings (SSSR count). The van der Waals surface area contributed by atoms with E-state index in [1.807, 2.05) is 6.92 Å². The highest BCUT2D eigenvalue weighted by atomic mass is 32.2. The second-order valence-electron chi connectivity index (χ2n) is 4.50. The van der Waals surface area contributed by atoms with E-state index in [9.17, 15) is 14.4 Å². The lowest BCUT2D eigenvalue weighted by Crippen LogP contribution is -2.37. The fraction of sp³-hybridized carbons (Fsp3) is 0.538. The summed E-state index contributed by atoms with van der Waals surface area (Å²) in [7, 11) is 3.07. The van der Waals surface area contributed by atoms with E-state index in [1.54, 1.807) is 7.05 Å². The zero-order valence-corrected chi connectivity index (χ0v) is 13.2. The van der Waals surface area contributed by atoms with Crippen molar-refractivity contribution in [3.63, 3.8) is 0 Å². The molecule has 1 aromatic heterocycles. The van der Waals surface area contributed by atoms with Gasteiger partial charge < -0.3 is 15.2 Å². The molecule has 21 heavy (non-hydrogen) atoms. The van der Waals surface area contributed by atoms with Crippen LogP contribution in [-0.4, -0.2) is 53.1 Å². The molecule has 0 aliphatic rings. The number of hydrogen-bond acceptors (Lipinski definition) is 5. The lowest BCUT2D eigenvalue weighted by molar-refractivity contribution is -0.132. The second kappa shape index (κ2) is 8.46. The molecule has 0 radical (unpaired) electrons. The number of aromatic nitrogens is 2. The van der Waals surface area contributed by atoms with E-state index in [1.165, 1.54) is 18.0 Å². The number of nitrogens with one attached hydrogen (secondary N) is 2. The van der Waals surface area contributed by atoms with Gasteiger partial charge in [0.2, 0.25) is 11.8 Å². The average Bonchev–Trinajstić information content (AvgIpc) is 2.44. The summed E-state index contributed by atoms with van der Waals surface area (Å²) in [5.74, 6) is -0.314. The van der Waals surface area contributed by atoms with Gasteiger partial charge in [0.1, 0.15) is 0 Å². The molecule has 0 aliphatic heterocycles. The van der Waals surface area contributed by atoms with Gasteiger partial charge in [-0.05, 0) is 6.42 Å². The molecule has 2 amide bonds. The smallest absolute Gasteiger partial charge is 0.251 e. The molecule has 0 bridgehead atoms. The van der Waals surface area contributed by atoms with Gasteiger partial charge in [0.15, 0.2) is 5.16 Å². The van der Waals surface area contributed by atoms with Crippen molar-refractivity contribution in [1.82, 2.24) is 20.2 Å². The van der Waals surface area contributed by atoms with Gasteiger partial charge in [-0.15, -0.1) is 0 Å². The SMILES string of the molecule is CCCc1cc(=O)[nH]c(SCC(=O)N(C)CC(=O)NC)n1. The first-order chi connectivity index (χ1) is 9.96. The molecular weight excluding hydrogens is 292 g/mol. The number of hydrogen-bond donors (Lipinski definition) is 2. The summed E-state index contributed by atoms with van der Waals surface area (Å²) in [5.41, 5.74) is 0.497. The Morgan fingerprint density at radius 2 is 2.19 bits per heavy atom. The fourth-order valence-corrected chi connectivity index (χ4v) is 2.39. The summed E-state index contributed by atoms with van der Waals surface area (Å²) in [6.45, 7) is 2.02. The second-order valence-corrected chi connectivity index (χ2v) is 5.47. The Morgan fingerprint density at radius 1 is 1.48 bits per heavy atom. The predicted molar refractivity (Wildman–Crippen MR) is 81.3 cm³/mol. The van der Waals surface area contributed by atoms with E-state index in [2.05, 4.69) is 15.3 Å². The molecule has 0 atom stereocenters. The molecule has 0 saturated carbocycles. The van der Waals surface area contributed by atoms with Crippen LogP contribution in [-0.2, 0) is 16.0 Å². The van der Waals surface area contributed by atoms with Crippen LogP contribution in [0.3, 0.4) is 0 Å². The van der Waals surface area contributed by atoms with E-state index >= 15 is 0 Å². The Bertz CT molecular complexity index is 559. The van der Waals surface area contributed by atoms with Crippen molar-refractivity contribution in [3.05, 3.63) is 22.1 Å². The molecular formula is C13H20N4O3S. The van der Waals surface area contributed by atoms with Gasteiger partial charge in [-0.25, -0.2) is 4.98 Å². The Kier molecular flexibility index (Phi) is 6.93. The number of rotatable bonds is 7. The molecule has 2 N–H and O–H groups in total. The maximum atomic E-state index is 11.9. The maximum absolute atomic E-state index is 11.9. The van der Waals surface area contributed by atoms with Gasteiger partial charge in [-0.2, -0.15) is 0 Å². The molecule has 7 nitrogen and oxygen atoms in total. The van der Waals surface area contributed by atoms with Gasteiger partial charge in [0.25, 0.3) is 5.56 Å². The number of carbonyl (C=O) groups is 2. The van der Waals surface area contributed by atoms with E-state index < -0.39 is 0 Å². The standard InChI is InChI=1S/C13H20N4O3S/c1-4-5-9-6-10(18)16-13(15-9)21-8-12(20)17(3)7-11(19)14-2/h6H,4-5,7-8H2,1-3H3,(H,14,19)(H,15,16,18). The monoisotopic (exact) mass is 312 g/mol. The van der Waals surface area contributed by atoms with Crippen molar-refractivity contribution >= 4 is 23.6 Å². The zero-order valence-electron chi connectivity index (χ0n) is 12.4. The van der Waals surface area contributed by atoms with Crippen molar-refractivity contribution in [2.24, 2.45) is 0 Å². The topological polar surface area (TPSA) is 95.2 Å². The third-order valence-corrected chi connectivity index (χ3v) is 3.55. The number of likely N-dealkylation sites (N-methyl/N-ethyl adjacent to an activating group) is 2. The predicted octanol–water partition coefficient (Wildman–Crippen LogP) is 0.0189. The van der Waals surface area contributed by atoms with Crippen LogP contribution in [0, 0.1) is 0 Å². The van der Waals surface area contributed by atoms with Gasteiger partial charge >= 0.3 is 0 Å². The first kappa shape index (κ1) is 17.2. The van der Waals surface area contributed by atoms with Crippen LogP contribution in [0.25, 0.3) is 0 Å². The van der Waals surface area contributed by atoms with E-state index in [-0.39, 0.29) is 29.7 Å². The van der Waals surface area contributed by atoms with Gasteiger partial charge in [-0.3, -0.25) is 14.4 Å². The summed E-state index contributed by atoms with van der Waals surface area (Å²) in [6.07, 6.45) is 1.62. The third-order valence-electron chi connectivity index (χ3n) is 2.70. The lowest BCUT2D eigenvalue weighted by atomic mass is 10.2. The molecule has 1 aromatic rings. The number of amides is 2. The zero-order chi connectivity index (χ0) is 15.8. The highest BCUT2D eigenvalue weighted by Gasteiger charge is 2.13. The summed E-state index contributed by atoms with van der Waals surface area (Å²) >= 11 is 1.16. The van der Waals surface area contributed by atoms with Crippen molar-refractivity contribution < 1.29 is 9.59 Å². The van der Waals surface area contributed by atoms with Crippen LogP contribution in [0.5, 0.6) is 0 Å². The minimum atomic E-state index is -0.229. The molecule has 1 heterocycles. The van der Waals surface area contributed by atoms with Gasteiger partial charge in [-0.1, -0.05) is 25.1 Å². The first-order valence-corrected chi connectivity index (χ1v) is 7.62. The molecule has 0 saturated heterocycles. The van der Waals surface area contributed by atoms with E-state index in [0.717, 1.165) is 30.3 Å². The van der Waals surface area contributed by atoms with Gasteiger partial charge in [0, 0.05) is 25.9 Å². The minimum absolute atomic E-state index is 0.00964. The van der Waals surface area contributed by atoms with Crippen molar-refractivity contribution in [2.75, 3.05) is 26.4 Å². The third kappa shape index (κ3) is 5.99. The van der Waals surface area contributed by atoms with Crippen LogP contribution in [0.4, 0.5) is 0 Å². The number of carbonyl (C=O) groups excluding carboxylic acids is 2. The number of H-pyrrole nitrogens is 1. The fourth-order valence-electron chi connectivity index (χ4n) is 1.56. The van der Waals surface area contributed by atoms with Crippen LogP contribution in [0.2, 0.25) is 0 Å². The van der Waals surface area contributed by atoms with Crippen molar-refractivity contribution in [1.29, 1.82) is 0 Å². The molecule has 0 unspecified atom stereocenters. The summed E-state index contributed by atoms with van der Waals surface area (Å²) < 4.78 is 0. The quantitative estimate of drug-likeness (QED) is 0.547. The molecule has 8 heteroatoms. The Balaban J connectivity index is 2.60. The lowest BCUT2D eigenvalue weighted by Gasteiger charge is -2.15. The highest BCUT2D eigenvalue weighted by molar-refractivity contribution is 7.99. The number of nitrogens with zero attached hydrogens (tertiary/aromatic N) is 2. The number of aryl methyl sites for hydroxylation is 1. The van der Waals surface area contributed by atoms with E-state index in [4.69, 9.17) is 0 Å². The minimum Gasteiger partial charge on any atom is -0.358 e. The number of thioether (sulfide) groups is 1. The van der Waals surface area contributed by atoms with Crippen LogP contribution < -0.4 is 10.9 Å². The van der Waals surface area contributed by atoms with Crippen molar-refractivity contribution in [3.8, 4) is 0 Å². The molecule has 0 aromatic carbocycles. The van der Waals surface area contributed by atoms with Gasteiger partial charge in [0.05, 0.1) is 12.3 Å². The van der Waals surface area contributed by atoms with Crippen LogP contribution >= 0.6 is 11.8 Å². The van der Waals surface area contributed by atoms with E-state index in [0.29, 0.717) is 5.16 Å². The number of aromatic amines is 1. The maximum Gasteiger partial charge on any atom is 0.251 e. The summed E-state index contributed by atoms with van der Waals surface area (Å²) in [6, 6.07) is 1.47. The highest BCUT2D eigenvalue weighted by Crippen LogP contribution is 2.12. The normalized spacial score (nSPS) is 10.2. The summed E-state index contributed by atoms with van der Waals surface area (Å²) in [4.78, 5) is 42.8. The molecule has 0 aliphatic carbocycles. The first-order valence-electron chi connectivity index (χ1n) is 6.63. The molecule has 0 spiro atoms. The Hall–Kier alpha value is -1.83. The Morgan fingerprint density at radius 3 is 2.81 bits per heavy atom.